The zero-order valence-corrected chi connectivity index (χ0v) is 8.27. The topological polar surface area (TPSA) is 30.2 Å². The molecular formula is C8H12NO2S+. The Hall–Kier alpha value is -0.900. The number of carbonyl (C=O) groups excluding carboxylic acids is 1. The van der Waals surface area contributed by atoms with Gasteiger partial charge in [0.2, 0.25) is 12.1 Å². The van der Waals surface area contributed by atoms with Gasteiger partial charge in [-0.15, -0.1) is 0 Å². The number of hydrogen-bond donors (Lipinski definition) is 0. The van der Waals surface area contributed by atoms with Gasteiger partial charge >= 0.3 is 5.97 Å². The molecule has 0 aliphatic carbocycles. The number of carbonyl (C=O) groups is 1. The number of aryl methyl sites for hydroxylation is 1. The van der Waals surface area contributed by atoms with Crippen molar-refractivity contribution < 1.29 is 14.1 Å². The summed E-state index contributed by atoms with van der Waals surface area (Å²) in [6, 6.07) is 0. The van der Waals surface area contributed by atoms with E-state index in [1.807, 2.05) is 23.9 Å². The Morgan fingerprint density at radius 2 is 2.33 bits per heavy atom. The molecule has 66 valence electrons. The van der Waals surface area contributed by atoms with Crippen LogP contribution in [0.25, 0.3) is 0 Å². The molecule has 1 heterocycles. The fourth-order valence-corrected chi connectivity index (χ4v) is 1.67. The highest BCUT2D eigenvalue weighted by Gasteiger charge is 2.15. The Morgan fingerprint density at radius 1 is 1.67 bits per heavy atom. The van der Waals surface area contributed by atoms with Crippen molar-refractivity contribution in [2.45, 2.75) is 20.4 Å². The summed E-state index contributed by atoms with van der Waals surface area (Å²) in [5.74, 6) is -0.207. The molecule has 0 unspecified atom stereocenters. The van der Waals surface area contributed by atoms with Crippen LogP contribution in [0.15, 0.2) is 5.51 Å². The molecule has 0 saturated carbocycles. The fourth-order valence-electron chi connectivity index (χ4n) is 0.869. The van der Waals surface area contributed by atoms with Crippen molar-refractivity contribution in [3.8, 4) is 0 Å². The third-order valence-electron chi connectivity index (χ3n) is 1.82. The second-order valence-electron chi connectivity index (χ2n) is 2.57. The van der Waals surface area contributed by atoms with E-state index in [2.05, 4.69) is 4.74 Å². The Balaban J connectivity index is 2.76. The van der Waals surface area contributed by atoms with Crippen LogP contribution in [0.4, 0.5) is 0 Å². The average molecular weight is 186 g/mol. The van der Waals surface area contributed by atoms with Crippen molar-refractivity contribution in [1.82, 2.24) is 0 Å². The lowest BCUT2D eigenvalue weighted by molar-refractivity contribution is -0.687. The molecule has 0 saturated heterocycles. The van der Waals surface area contributed by atoms with E-state index in [1.165, 1.54) is 12.0 Å². The first-order valence-corrected chi connectivity index (χ1v) is 4.54. The van der Waals surface area contributed by atoms with E-state index in [-0.39, 0.29) is 5.97 Å². The van der Waals surface area contributed by atoms with Crippen LogP contribution in [0, 0.1) is 13.8 Å². The normalized spacial score (nSPS) is 9.92. The molecule has 0 N–H and O–H groups in total. The maximum atomic E-state index is 10.9. The molecule has 0 aliphatic rings. The lowest BCUT2D eigenvalue weighted by Gasteiger charge is -1.93. The Morgan fingerprint density at radius 3 is 2.75 bits per heavy atom. The summed E-state index contributed by atoms with van der Waals surface area (Å²) in [7, 11) is 1.40. The highest BCUT2D eigenvalue weighted by molar-refractivity contribution is 7.09. The number of aromatic nitrogens is 1. The van der Waals surface area contributed by atoms with Gasteiger partial charge in [-0.3, -0.25) is 0 Å². The number of ether oxygens (including phenoxy) is 1. The van der Waals surface area contributed by atoms with Crippen LogP contribution in [0.3, 0.4) is 0 Å². The van der Waals surface area contributed by atoms with Crippen LogP contribution in [-0.2, 0) is 16.1 Å². The highest BCUT2D eigenvalue weighted by Crippen LogP contribution is 2.07. The van der Waals surface area contributed by atoms with Gasteiger partial charge in [0.25, 0.3) is 0 Å². The van der Waals surface area contributed by atoms with Crippen LogP contribution in [0.2, 0.25) is 0 Å². The predicted molar refractivity (Wildman–Crippen MR) is 46.0 cm³/mol. The Bertz CT molecular complexity index is 293. The molecule has 0 atom stereocenters. The maximum Gasteiger partial charge on any atom is 0.372 e. The first-order valence-electron chi connectivity index (χ1n) is 3.66. The van der Waals surface area contributed by atoms with Crippen molar-refractivity contribution in [2.24, 2.45) is 0 Å². The van der Waals surface area contributed by atoms with Crippen LogP contribution in [0.1, 0.15) is 10.6 Å². The van der Waals surface area contributed by atoms with E-state index in [1.54, 1.807) is 11.3 Å². The van der Waals surface area contributed by atoms with E-state index >= 15 is 0 Å². The van der Waals surface area contributed by atoms with Gasteiger partial charge in [0.1, 0.15) is 0 Å². The molecule has 0 amide bonds. The summed E-state index contributed by atoms with van der Waals surface area (Å²) in [4.78, 5) is 12.1. The van der Waals surface area contributed by atoms with Gasteiger partial charge in [0, 0.05) is 6.92 Å². The van der Waals surface area contributed by atoms with Crippen LogP contribution in [-0.4, -0.2) is 13.1 Å². The molecule has 12 heavy (non-hydrogen) atoms. The lowest BCUT2D eigenvalue weighted by Crippen LogP contribution is -2.38. The van der Waals surface area contributed by atoms with Gasteiger partial charge in [0.05, 0.1) is 12.0 Å². The summed E-state index contributed by atoms with van der Waals surface area (Å²) in [5.41, 5.74) is 3.06. The number of esters is 1. The minimum Gasteiger partial charge on any atom is -0.464 e. The summed E-state index contributed by atoms with van der Waals surface area (Å²) in [6.07, 6.45) is 0. The Labute approximate surface area is 75.6 Å². The van der Waals surface area contributed by atoms with E-state index in [9.17, 15) is 4.79 Å². The molecule has 3 nitrogen and oxygen atoms in total. The lowest BCUT2D eigenvalue weighted by atomic mass is 10.4. The minimum absolute atomic E-state index is 0.207. The van der Waals surface area contributed by atoms with Gasteiger partial charge in [-0.05, 0) is 6.92 Å². The molecule has 0 aliphatic heterocycles. The van der Waals surface area contributed by atoms with Crippen LogP contribution < -0.4 is 4.57 Å². The molecular weight excluding hydrogens is 174 g/mol. The van der Waals surface area contributed by atoms with E-state index in [0.29, 0.717) is 6.54 Å². The summed E-state index contributed by atoms with van der Waals surface area (Å²) < 4.78 is 6.46. The van der Waals surface area contributed by atoms with Crippen LogP contribution in [0.5, 0.6) is 0 Å². The molecule has 4 heteroatoms. The molecule has 1 rings (SSSR count). The van der Waals surface area contributed by atoms with Gasteiger partial charge in [0.15, 0.2) is 5.69 Å². The number of thiazole rings is 1. The highest BCUT2D eigenvalue weighted by atomic mass is 32.1. The zero-order valence-electron chi connectivity index (χ0n) is 7.46. The Kier molecular flexibility index (Phi) is 2.81. The van der Waals surface area contributed by atoms with Crippen molar-refractivity contribution >= 4 is 17.3 Å². The zero-order chi connectivity index (χ0) is 9.14. The summed E-state index contributed by atoms with van der Waals surface area (Å²) >= 11 is 1.64. The average Bonchev–Trinajstić information content (AvgIpc) is 2.36. The second-order valence-corrected chi connectivity index (χ2v) is 3.63. The molecule has 1 aromatic heterocycles. The molecule has 0 spiro atoms. The van der Waals surface area contributed by atoms with Crippen molar-refractivity contribution in [2.75, 3.05) is 7.11 Å². The van der Waals surface area contributed by atoms with Crippen molar-refractivity contribution in [1.29, 1.82) is 0 Å². The third-order valence-corrected chi connectivity index (χ3v) is 2.83. The third kappa shape index (κ3) is 1.82. The van der Waals surface area contributed by atoms with E-state index < -0.39 is 0 Å². The molecule has 0 aromatic carbocycles. The molecule has 1 aromatic rings. The minimum atomic E-state index is -0.207. The molecule has 0 radical (unpaired) electrons. The number of hydrogen-bond acceptors (Lipinski definition) is 3. The predicted octanol–water partition coefficient (Wildman–Crippen LogP) is 0.825. The van der Waals surface area contributed by atoms with E-state index in [0.717, 1.165) is 5.69 Å². The first kappa shape index (κ1) is 9.19. The fraction of sp³-hybridized carbons (Fsp3) is 0.500. The second kappa shape index (κ2) is 3.67. The van der Waals surface area contributed by atoms with Crippen LogP contribution >= 0.6 is 11.3 Å². The smallest absolute Gasteiger partial charge is 0.372 e. The largest absolute Gasteiger partial charge is 0.464 e. The quantitative estimate of drug-likeness (QED) is 0.506. The number of rotatable bonds is 2. The summed E-state index contributed by atoms with van der Waals surface area (Å²) in [5, 5.41) is 0. The maximum absolute atomic E-state index is 10.9. The first-order chi connectivity index (χ1) is 5.65. The van der Waals surface area contributed by atoms with Gasteiger partial charge < -0.3 is 4.74 Å². The number of nitrogens with zero attached hydrogens (tertiary/aromatic N) is 1. The van der Waals surface area contributed by atoms with Crippen molar-refractivity contribution in [3.63, 3.8) is 0 Å². The van der Waals surface area contributed by atoms with Gasteiger partial charge in [-0.2, -0.15) is 4.57 Å². The standard InChI is InChI=1S/C8H12NO2S/c1-6-7(2)12-5-9(6)4-8(10)11-3/h5H,4H2,1-3H3/q+1. The SMILES string of the molecule is COC(=O)C[n+]1csc(C)c1C. The molecule has 0 bridgehead atoms. The summed E-state index contributed by atoms with van der Waals surface area (Å²) in [6.45, 7) is 4.34. The van der Waals surface area contributed by atoms with E-state index in [4.69, 9.17) is 0 Å². The van der Waals surface area contributed by atoms with Gasteiger partial charge in [-0.25, -0.2) is 4.79 Å². The molecule has 0 fully saturated rings. The van der Waals surface area contributed by atoms with Crippen molar-refractivity contribution in [3.05, 3.63) is 16.1 Å². The monoisotopic (exact) mass is 186 g/mol. The van der Waals surface area contributed by atoms with Gasteiger partial charge in [-0.1, -0.05) is 11.3 Å². The number of methoxy groups -OCH3 is 1.